The lowest BCUT2D eigenvalue weighted by Crippen LogP contribution is -2.42. The van der Waals surface area contributed by atoms with Crippen LogP contribution in [0.4, 0.5) is 0 Å². The summed E-state index contributed by atoms with van der Waals surface area (Å²) in [4.78, 5) is 0. The molecule has 1 saturated heterocycles. The first-order valence-electron chi connectivity index (χ1n) is 5.34. The van der Waals surface area contributed by atoms with Gasteiger partial charge in [0.25, 0.3) is 0 Å². The van der Waals surface area contributed by atoms with E-state index in [1.54, 1.807) is 0 Å². The largest absolute Gasteiger partial charge is 0.395 e. The van der Waals surface area contributed by atoms with E-state index in [0.717, 1.165) is 31.0 Å². The van der Waals surface area contributed by atoms with Gasteiger partial charge >= 0.3 is 0 Å². The van der Waals surface area contributed by atoms with Gasteiger partial charge in [0, 0.05) is 10.4 Å². The summed E-state index contributed by atoms with van der Waals surface area (Å²) in [5.41, 5.74) is 1.08. The molecule has 3 heteroatoms. The van der Waals surface area contributed by atoms with Crippen molar-refractivity contribution in [2.24, 2.45) is 0 Å². The Balaban J connectivity index is 2.32. The smallest absolute Gasteiger partial charge is 0.0528 e. The standard InChI is InChI=1S/C12H16ClNO/c13-11-3-1-2-10(8-11)12(9-15)4-6-14-7-5-12/h1-3,8,14-15H,4-7,9H2. The highest BCUT2D eigenvalue weighted by molar-refractivity contribution is 6.30. The molecule has 0 unspecified atom stereocenters. The maximum atomic E-state index is 9.61. The minimum Gasteiger partial charge on any atom is -0.395 e. The van der Waals surface area contributed by atoms with Crippen molar-refractivity contribution in [3.63, 3.8) is 0 Å². The molecule has 0 bridgehead atoms. The second-order valence-corrected chi connectivity index (χ2v) is 4.64. The van der Waals surface area contributed by atoms with Crippen LogP contribution in [-0.4, -0.2) is 24.8 Å². The molecular weight excluding hydrogens is 210 g/mol. The molecule has 0 radical (unpaired) electrons. The quantitative estimate of drug-likeness (QED) is 0.807. The minimum absolute atomic E-state index is 0.0872. The molecule has 82 valence electrons. The molecule has 1 aromatic rings. The molecule has 1 aromatic carbocycles. The predicted octanol–water partition coefficient (Wildman–Crippen LogP) is 1.95. The van der Waals surface area contributed by atoms with Gasteiger partial charge < -0.3 is 10.4 Å². The Morgan fingerprint density at radius 2 is 2.07 bits per heavy atom. The summed E-state index contributed by atoms with van der Waals surface area (Å²) >= 11 is 5.99. The molecule has 0 aromatic heterocycles. The highest BCUT2D eigenvalue weighted by Crippen LogP contribution is 2.33. The monoisotopic (exact) mass is 225 g/mol. The third-order valence-corrected chi connectivity index (χ3v) is 3.54. The van der Waals surface area contributed by atoms with Crippen molar-refractivity contribution in [3.05, 3.63) is 34.9 Å². The van der Waals surface area contributed by atoms with Crippen LogP contribution in [0.25, 0.3) is 0 Å². The highest BCUT2D eigenvalue weighted by atomic mass is 35.5. The lowest BCUT2D eigenvalue weighted by Gasteiger charge is -2.36. The molecule has 0 amide bonds. The van der Waals surface area contributed by atoms with E-state index < -0.39 is 0 Å². The molecule has 0 saturated carbocycles. The first kappa shape index (κ1) is 10.9. The van der Waals surface area contributed by atoms with E-state index in [-0.39, 0.29) is 12.0 Å². The summed E-state index contributed by atoms with van der Waals surface area (Å²) in [7, 11) is 0. The molecule has 2 nitrogen and oxygen atoms in total. The SMILES string of the molecule is OCC1(c2cccc(Cl)c2)CCNCC1. The fourth-order valence-electron chi connectivity index (χ4n) is 2.26. The highest BCUT2D eigenvalue weighted by Gasteiger charge is 2.33. The zero-order valence-electron chi connectivity index (χ0n) is 8.67. The number of hydrogen-bond acceptors (Lipinski definition) is 2. The van der Waals surface area contributed by atoms with E-state index in [1.165, 1.54) is 5.56 Å². The van der Waals surface area contributed by atoms with Crippen molar-refractivity contribution in [2.45, 2.75) is 18.3 Å². The van der Waals surface area contributed by atoms with E-state index in [4.69, 9.17) is 11.6 Å². The molecule has 0 atom stereocenters. The van der Waals surface area contributed by atoms with E-state index >= 15 is 0 Å². The third kappa shape index (κ3) is 2.17. The number of rotatable bonds is 2. The van der Waals surface area contributed by atoms with Crippen LogP contribution in [0.2, 0.25) is 5.02 Å². The fraction of sp³-hybridized carbons (Fsp3) is 0.500. The van der Waals surface area contributed by atoms with Crippen molar-refractivity contribution >= 4 is 11.6 Å². The number of halogens is 1. The first-order valence-corrected chi connectivity index (χ1v) is 5.72. The minimum atomic E-state index is -0.0872. The van der Waals surface area contributed by atoms with Gasteiger partial charge in [0.15, 0.2) is 0 Å². The van der Waals surface area contributed by atoms with Gasteiger partial charge in [-0.2, -0.15) is 0 Å². The summed E-state index contributed by atoms with van der Waals surface area (Å²) < 4.78 is 0. The number of aliphatic hydroxyl groups is 1. The molecule has 2 N–H and O–H groups in total. The van der Waals surface area contributed by atoms with Gasteiger partial charge in [0.05, 0.1) is 6.61 Å². The number of piperidine rings is 1. The molecular formula is C12H16ClNO. The van der Waals surface area contributed by atoms with Crippen LogP contribution < -0.4 is 5.32 Å². The van der Waals surface area contributed by atoms with Crippen LogP contribution >= 0.6 is 11.6 Å². The Hall–Kier alpha value is -0.570. The summed E-state index contributed by atoms with van der Waals surface area (Å²) in [5.74, 6) is 0. The third-order valence-electron chi connectivity index (χ3n) is 3.30. The summed E-state index contributed by atoms with van der Waals surface area (Å²) in [6.45, 7) is 2.13. The van der Waals surface area contributed by atoms with Gasteiger partial charge in [-0.25, -0.2) is 0 Å². The molecule has 2 rings (SSSR count). The van der Waals surface area contributed by atoms with Crippen molar-refractivity contribution in [1.29, 1.82) is 0 Å². The average Bonchev–Trinajstić information content (AvgIpc) is 2.30. The topological polar surface area (TPSA) is 32.3 Å². The predicted molar refractivity (Wildman–Crippen MR) is 62.3 cm³/mol. The zero-order valence-corrected chi connectivity index (χ0v) is 9.43. The molecule has 1 fully saturated rings. The summed E-state index contributed by atoms with van der Waals surface area (Å²) in [6, 6.07) is 7.87. The Bertz CT molecular complexity index is 334. The maximum Gasteiger partial charge on any atom is 0.0528 e. The Morgan fingerprint density at radius 1 is 1.33 bits per heavy atom. The van der Waals surface area contributed by atoms with Gasteiger partial charge in [-0.3, -0.25) is 0 Å². The lowest BCUT2D eigenvalue weighted by molar-refractivity contribution is 0.158. The van der Waals surface area contributed by atoms with Gasteiger partial charge in [0.1, 0.15) is 0 Å². The Kier molecular flexibility index (Phi) is 3.29. The van der Waals surface area contributed by atoms with Crippen LogP contribution in [0.1, 0.15) is 18.4 Å². The number of aliphatic hydroxyl groups excluding tert-OH is 1. The molecule has 0 spiro atoms. The van der Waals surface area contributed by atoms with Crippen molar-refractivity contribution < 1.29 is 5.11 Å². The van der Waals surface area contributed by atoms with Crippen molar-refractivity contribution in [3.8, 4) is 0 Å². The van der Waals surface area contributed by atoms with Crippen LogP contribution in [0.3, 0.4) is 0 Å². The molecule has 1 aliphatic heterocycles. The second kappa shape index (κ2) is 4.52. The van der Waals surface area contributed by atoms with Crippen LogP contribution in [0, 0.1) is 0 Å². The normalized spacial score (nSPS) is 20.1. The van der Waals surface area contributed by atoms with Crippen LogP contribution in [0.5, 0.6) is 0 Å². The van der Waals surface area contributed by atoms with Crippen LogP contribution in [-0.2, 0) is 5.41 Å². The van der Waals surface area contributed by atoms with Gasteiger partial charge in [-0.1, -0.05) is 23.7 Å². The summed E-state index contributed by atoms with van der Waals surface area (Å²) in [5, 5.41) is 13.7. The maximum absolute atomic E-state index is 9.61. The van der Waals surface area contributed by atoms with Crippen molar-refractivity contribution in [2.75, 3.05) is 19.7 Å². The van der Waals surface area contributed by atoms with Gasteiger partial charge in [-0.15, -0.1) is 0 Å². The van der Waals surface area contributed by atoms with Crippen molar-refractivity contribution in [1.82, 2.24) is 5.32 Å². The lowest BCUT2D eigenvalue weighted by atomic mass is 9.74. The van der Waals surface area contributed by atoms with E-state index in [1.807, 2.05) is 18.2 Å². The van der Waals surface area contributed by atoms with Crippen LogP contribution in [0.15, 0.2) is 24.3 Å². The average molecular weight is 226 g/mol. The number of nitrogens with one attached hydrogen (secondary N) is 1. The Morgan fingerprint density at radius 3 is 2.67 bits per heavy atom. The summed E-state index contributed by atoms with van der Waals surface area (Å²) in [6.07, 6.45) is 1.95. The van der Waals surface area contributed by atoms with E-state index in [0.29, 0.717) is 0 Å². The first-order chi connectivity index (χ1) is 7.27. The second-order valence-electron chi connectivity index (χ2n) is 4.20. The molecule has 1 aliphatic rings. The molecule has 0 aliphatic carbocycles. The van der Waals surface area contributed by atoms with E-state index in [2.05, 4.69) is 11.4 Å². The zero-order chi connectivity index (χ0) is 10.7. The molecule has 15 heavy (non-hydrogen) atoms. The fourth-order valence-corrected chi connectivity index (χ4v) is 2.45. The van der Waals surface area contributed by atoms with E-state index in [9.17, 15) is 5.11 Å². The van der Waals surface area contributed by atoms with Gasteiger partial charge in [0.2, 0.25) is 0 Å². The number of hydrogen-bond donors (Lipinski definition) is 2. The molecule has 1 heterocycles. The number of benzene rings is 1. The van der Waals surface area contributed by atoms with Gasteiger partial charge in [-0.05, 0) is 43.6 Å². The Labute approximate surface area is 95.3 Å².